The predicted octanol–water partition coefficient (Wildman–Crippen LogP) is 4.57. The molecule has 1 atom stereocenters. The molecule has 0 bridgehead atoms. The number of ether oxygens (including phenoxy) is 1. The Balaban J connectivity index is 2.01. The summed E-state index contributed by atoms with van der Waals surface area (Å²) in [7, 11) is 0. The lowest BCUT2D eigenvalue weighted by Gasteiger charge is -2.11. The normalized spacial score (nSPS) is 12.9. The third kappa shape index (κ3) is 7.14. The van der Waals surface area contributed by atoms with Crippen LogP contribution in [-0.2, 0) is 4.79 Å². The highest BCUT2D eigenvalue weighted by Crippen LogP contribution is 2.25. The molecule has 0 saturated heterocycles. The van der Waals surface area contributed by atoms with E-state index in [1.54, 1.807) is 13.0 Å². The van der Waals surface area contributed by atoms with E-state index < -0.39 is 24.1 Å². The van der Waals surface area contributed by atoms with E-state index in [0.717, 1.165) is 17.7 Å². The number of rotatable bonds is 8. The summed E-state index contributed by atoms with van der Waals surface area (Å²) in [6.07, 6.45) is -2.99. The van der Waals surface area contributed by atoms with Crippen LogP contribution in [0.4, 0.5) is 13.2 Å². The van der Waals surface area contributed by atoms with Gasteiger partial charge in [0.1, 0.15) is 5.75 Å². The number of halogens is 4. The van der Waals surface area contributed by atoms with Crippen LogP contribution in [0.2, 0.25) is 0 Å². The molecule has 2 rings (SSSR count). The quantitative estimate of drug-likeness (QED) is 0.548. The molecule has 11 heteroatoms. The van der Waals surface area contributed by atoms with Crippen molar-refractivity contribution in [3.63, 3.8) is 0 Å². The molecule has 0 radical (unpaired) electrons. The van der Waals surface area contributed by atoms with Crippen LogP contribution >= 0.6 is 15.9 Å². The smallest absolute Gasteiger partial charge is 0.406 e. The van der Waals surface area contributed by atoms with Crippen molar-refractivity contribution in [2.24, 2.45) is 0 Å². The van der Waals surface area contributed by atoms with Crippen molar-refractivity contribution >= 4 is 27.6 Å². The van der Waals surface area contributed by atoms with Crippen molar-refractivity contribution in [3.8, 4) is 17.1 Å². The summed E-state index contributed by atoms with van der Waals surface area (Å²) < 4.78 is 45.9. The first-order chi connectivity index (χ1) is 13.9. The Kier molecular flexibility index (Phi) is 7.54. The molecule has 160 valence electrons. The number of nitrogens with zero attached hydrogens (tertiary/aromatic N) is 2. The lowest BCUT2D eigenvalue weighted by molar-refractivity contribution is -0.274. The first-order valence-corrected chi connectivity index (χ1v) is 9.29. The van der Waals surface area contributed by atoms with Gasteiger partial charge in [0.05, 0.1) is 6.04 Å². The molecule has 0 aliphatic carbocycles. The van der Waals surface area contributed by atoms with Crippen LogP contribution in [0.1, 0.15) is 31.0 Å². The minimum atomic E-state index is -4.80. The fourth-order valence-electron chi connectivity index (χ4n) is 2.32. The maximum Gasteiger partial charge on any atom is 0.573 e. The number of hydrogen-bond donors (Lipinski definition) is 1. The highest BCUT2D eigenvalue weighted by Gasteiger charge is 2.31. The predicted molar refractivity (Wildman–Crippen MR) is 105 cm³/mol. The molecule has 30 heavy (non-hydrogen) atoms. The zero-order valence-electron chi connectivity index (χ0n) is 15.9. The van der Waals surface area contributed by atoms with E-state index in [-0.39, 0.29) is 23.9 Å². The standard InChI is InChI=1S/C19H17BrF3N3O4/c1-10(8-11(2)20)9-15(27)12(3)24-17(28)18-25-16(26-30-18)13-4-6-14(7-5-13)29-19(21,22)23/h4-8,12H,2,9H2,1,3H3,(H,24,28)/b10-8+. The van der Waals surface area contributed by atoms with Crippen molar-refractivity contribution in [1.29, 1.82) is 0 Å². The Morgan fingerprint density at radius 3 is 2.53 bits per heavy atom. The maximum absolute atomic E-state index is 12.2. The third-order valence-electron chi connectivity index (χ3n) is 3.65. The van der Waals surface area contributed by atoms with Crippen LogP contribution in [0.25, 0.3) is 11.4 Å². The molecule has 1 amide bonds. The summed E-state index contributed by atoms with van der Waals surface area (Å²) >= 11 is 3.17. The largest absolute Gasteiger partial charge is 0.573 e. The summed E-state index contributed by atoms with van der Waals surface area (Å²) in [5, 5.41) is 6.09. The van der Waals surface area contributed by atoms with Crippen molar-refractivity contribution in [1.82, 2.24) is 15.5 Å². The van der Waals surface area contributed by atoms with E-state index in [2.05, 4.69) is 42.7 Å². The number of hydrogen-bond acceptors (Lipinski definition) is 6. The molecule has 7 nitrogen and oxygen atoms in total. The highest BCUT2D eigenvalue weighted by atomic mass is 79.9. The summed E-state index contributed by atoms with van der Waals surface area (Å²) in [6, 6.07) is 3.92. The van der Waals surface area contributed by atoms with E-state index in [1.165, 1.54) is 19.1 Å². The first-order valence-electron chi connectivity index (χ1n) is 8.49. The van der Waals surface area contributed by atoms with Crippen LogP contribution < -0.4 is 10.1 Å². The monoisotopic (exact) mass is 487 g/mol. The third-order valence-corrected chi connectivity index (χ3v) is 3.88. The average Bonchev–Trinajstić information content (AvgIpc) is 3.10. The molecule has 0 aliphatic rings. The van der Waals surface area contributed by atoms with Crippen LogP contribution in [-0.4, -0.2) is 34.2 Å². The highest BCUT2D eigenvalue weighted by molar-refractivity contribution is 9.11. The topological polar surface area (TPSA) is 94.3 Å². The molecule has 1 N–H and O–H groups in total. The van der Waals surface area contributed by atoms with E-state index in [9.17, 15) is 22.8 Å². The molecule has 1 unspecified atom stereocenters. The molecule has 1 aromatic heterocycles. The SMILES string of the molecule is C=C(Br)/C=C(\C)CC(=O)C(C)NC(=O)c1nc(-c2ccc(OC(F)(F)F)cc2)no1. The van der Waals surface area contributed by atoms with Crippen molar-refractivity contribution in [3.05, 3.63) is 52.9 Å². The van der Waals surface area contributed by atoms with Gasteiger partial charge in [0.25, 0.3) is 0 Å². The van der Waals surface area contributed by atoms with Gasteiger partial charge in [-0.25, -0.2) is 0 Å². The average molecular weight is 488 g/mol. The molecule has 1 heterocycles. The van der Waals surface area contributed by atoms with Gasteiger partial charge in [-0.3, -0.25) is 9.59 Å². The fraction of sp³-hybridized carbons (Fsp3) is 0.263. The molecule has 2 aromatic rings. The van der Waals surface area contributed by atoms with Crippen molar-refractivity contribution < 1.29 is 32.0 Å². The number of alkyl halides is 3. The lowest BCUT2D eigenvalue weighted by atomic mass is 10.1. The van der Waals surface area contributed by atoms with E-state index in [1.807, 2.05) is 0 Å². The van der Waals surface area contributed by atoms with Gasteiger partial charge in [0.2, 0.25) is 5.82 Å². The van der Waals surface area contributed by atoms with Gasteiger partial charge in [-0.2, -0.15) is 4.98 Å². The minimum absolute atomic E-state index is 0.00713. The number of amides is 1. The van der Waals surface area contributed by atoms with Crippen LogP contribution in [0.15, 0.2) is 51.5 Å². The summed E-state index contributed by atoms with van der Waals surface area (Å²) in [6.45, 7) is 6.94. The van der Waals surface area contributed by atoms with Crippen LogP contribution in [0.5, 0.6) is 5.75 Å². The van der Waals surface area contributed by atoms with Gasteiger partial charge in [0.15, 0.2) is 5.78 Å². The van der Waals surface area contributed by atoms with Gasteiger partial charge in [0, 0.05) is 16.5 Å². The molecule has 0 fully saturated rings. The van der Waals surface area contributed by atoms with E-state index in [4.69, 9.17) is 4.52 Å². The number of aromatic nitrogens is 2. The lowest BCUT2D eigenvalue weighted by Crippen LogP contribution is -2.38. The molecular weight excluding hydrogens is 471 g/mol. The first kappa shape index (κ1) is 23.3. The Hall–Kier alpha value is -2.95. The van der Waals surface area contributed by atoms with Crippen molar-refractivity contribution in [2.75, 3.05) is 0 Å². The second-order valence-electron chi connectivity index (χ2n) is 6.27. The Morgan fingerprint density at radius 2 is 1.97 bits per heavy atom. The molecule has 0 aliphatic heterocycles. The number of nitrogens with one attached hydrogen (secondary N) is 1. The fourth-order valence-corrected chi connectivity index (χ4v) is 2.71. The Labute approximate surface area is 178 Å². The summed E-state index contributed by atoms with van der Waals surface area (Å²) in [5.41, 5.74) is 1.08. The number of Topliss-reactive ketones (excluding diaryl/α,β-unsaturated/α-hetero) is 1. The Bertz CT molecular complexity index is 968. The zero-order valence-corrected chi connectivity index (χ0v) is 17.5. The number of benzene rings is 1. The Morgan fingerprint density at radius 1 is 1.33 bits per heavy atom. The van der Waals surface area contributed by atoms with E-state index in [0.29, 0.717) is 10.0 Å². The number of ketones is 1. The number of carbonyl (C=O) groups excluding carboxylic acids is 2. The van der Waals surface area contributed by atoms with Gasteiger partial charge >= 0.3 is 18.2 Å². The molecule has 0 saturated carbocycles. The van der Waals surface area contributed by atoms with Gasteiger partial charge < -0.3 is 14.6 Å². The summed E-state index contributed by atoms with van der Waals surface area (Å²) in [4.78, 5) is 28.3. The number of allylic oxidation sites excluding steroid dienone is 3. The minimum Gasteiger partial charge on any atom is -0.406 e. The van der Waals surface area contributed by atoms with Gasteiger partial charge in [-0.1, -0.05) is 33.2 Å². The molecular formula is C19H17BrF3N3O4. The van der Waals surface area contributed by atoms with Gasteiger partial charge in [-0.15, -0.1) is 13.2 Å². The molecule has 1 aromatic carbocycles. The number of carbonyl (C=O) groups is 2. The second-order valence-corrected chi connectivity index (χ2v) is 7.29. The van der Waals surface area contributed by atoms with Crippen LogP contribution in [0, 0.1) is 0 Å². The van der Waals surface area contributed by atoms with E-state index >= 15 is 0 Å². The van der Waals surface area contributed by atoms with Crippen LogP contribution in [0.3, 0.4) is 0 Å². The van der Waals surface area contributed by atoms with Crippen molar-refractivity contribution in [2.45, 2.75) is 32.7 Å². The summed E-state index contributed by atoms with van der Waals surface area (Å²) in [5.74, 6) is -1.79. The second kappa shape index (κ2) is 9.70. The maximum atomic E-state index is 12.2. The molecule has 0 spiro atoms. The zero-order chi connectivity index (χ0) is 22.5. The van der Waals surface area contributed by atoms with Gasteiger partial charge in [-0.05, 0) is 44.2 Å².